The van der Waals surface area contributed by atoms with Gasteiger partial charge in [-0.15, -0.1) is 0 Å². The maximum absolute atomic E-state index is 13.4. The first kappa shape index (κ1) is 27.5. The largest absolute Gasteiger partial charge is 0.469 e. The van der Waals surface area contributed by atoms with Crippen molar-refractivity contribution < 1.29 is 27.4 Å². The summed E-state index contributed by atoms with van der Waals surface area (Å²) in [6.45, 7) is 8.12. The Morgan fingerprint density at radius 1 is 1.19 bits per heavy atom. The van der Waals surface area contributed by atoms with E-state index in [0.717, 1.165) is 51.0 Å². The Labute approximate surface area is 209 Å². The molecule has 0 bridgehead atoms. The molecule has 36 heavy (non-hydrogen) atoms. The monoisotopic (exact) mass is 509 g/mol. The molecule has 1 aromatic carbocycles. The number of nitrogens with one attached hydrogen (secondary N) is 2. The van der Waals surface area contributed by atoms with Crippen molar-refractivity contribution in [3.63, 3.8) is 0 Å². The second-order valence-electron chi connectivity index (χ2n) is 8.93. The minimum absolute atomic E-state index is 0.0228. The fraction of sp³-hybridized carbons (Fsp3) is 0.520. The van der Waals surface area contributed by atoms with Crippen LogP contribution in [0.1, 0.15) is 38.2 Å². The molecule has 2 heterocycles. The number of alkyl halides is 3. The molecule has 1 amide bonds. The number of amides is 1. The van der Waals surface area contributed by atoms with Gasteiger partial charge in [-0.1, -0.05) is 12.6 Å². The third kappa shape index (κ3) is 7.47. The van der Waals surface area contributed by atoms with Gasteiger partial charge in [0.1, 0.15) is 5.70 Å². The van der Waals surface area contributed by atoms with Gasteiger partial charge >= 0.3 is 6.18 Å². The Kier molecular flexibility index (Phi) is 9.38. The summed E-state index contributed by atoms with van der Waals surface area (Å²) in [6, 6.07) is 5.27. The molecule has 2 aliphatic rings. The number of hydrogen-bond donors (Lipinski definition) is 3. The number of carbonyl (C=O) groups excluding carboxylic acids is 1. The van der Waals surface area contributed by atoms with Gasteiger partial charge in [0.15, 0.2) is 0 Å². The summed E-state index contributed by atoms with van der Waals surface area (Å²) in [4.78, 5) is 19.3. The van der Waals surface area contributed by atoms with Crippen LogP contribution in [0.2, 0.25) is 0 Å². The number of rotatable bonds is 7. The summed E-state index contributed by atoms with van der Waals surface area (Å²) in [7, 11) is 1.33. The molecule has 0 radical (unpaired) electrons. The average molecular weight is 510 g/mol. The Morgan fingerprint density at radius 2 is 1.83 bits per heavy atom. The van der Waals surface area contributed by atoms with Crippen molar-refractivity contribution in [3.8, 4) is 0 Å². The number of nitrogens with zero attached hydrogens (tertiary/aromatic N) is 2. The molecule has 198 valence electrons. The molecule has 3 rings (SSSR count). The number of amidine groups is 1. The predicted octanol–water partition coefficient (Wildman–Crippen LogP) is 3.63. The van der Waals surface area contributed by atoms with E-state index in [1.54, 1.807) is 11.8 Å². The lowest BCUT2D eigenvalue weighted by Crippen LogP contribution is -2.49. The molecule has 11 heteroatoms. The van der Waals surface area contributed by atoms with Crippen LogP contribution < -0.4 is 16.4 Å². The highest BCUT2D eigenvalue weighted by atomic mass is 19.4. The highest BCUT2D eigenvalue weighted by Gasteiger charge is 2.31. The van der Waals surface area contributed by atoms with Gasteiger partial charge in [0, 0.05) is 55.3 Å². The lowest BCUT2D eigenvalue weighted by atomic mass is 10.0. The molecule has 0 unspecified atom stereocenters. The standard InChI is InChI=1S/C25H34F3N5O3/c1-16(17(2)30-21-6-4-5-18(15-21)25(26,27)28)22(32-24(29)35-3)23(34)33-11-7-19(8-12-33)31-20-9-13-36-14-10-20/h4-6,15,19-20,30-31H,2,7-14H2,1,3H3,(H2,29,32)/b22-16-. The van der Waals surface area contributed by atoms with E-state index in [9.17, 15) is 18.0 Å². The third-order valence-electron chi connectivity index (χ3n) is 6.40. The quantitative estimate of drug-likeness (QED) is 0.225. The Morgan fingerprint density at radius 3 is 2.44 bits per heavy atom. The molecule has 2 saturated heterocycles. The van der Waals surface area contributed by atoms with Crippen LogP contribution in [0.4, 0.5) is 18.9 Å². The molecule has 1 aromatic rings. The number of ether oxygens (including phenoxy) is 2. The van der Waals surface area contributed by atoms with Crippen LogP contribution in [0, 0.1) is 0 Å². The average Bonchev–Trinajstić information content (AvgIpc) is 2.87. The van der Waals surface area contributed by atoms with Crippen LogP contribution in [0.15, 0.2) is 52.8 Å². The molecule has 4 N–H and O–H groups in total. The molecular weight excluding hydrogens is 475 g/mol. The zero-order chi connectivity index (χ0) is 26.3. The maximum atomic E-state index is 13.4. The van der Waals surface area contributed by atoms with Crippen LogP contribution >= 0.6 is 0 Å². The number of piperidine rings is 1. The van der Waals surface area contributed by atoms with Gasteiger partial charge < -0.3 is 30.7 Å². The lowest BCUT2D eigenvalue weighted by Gasteiger charge is -2.35. The van der Waals surface area contributed by atoms with Crippen molar-refractivity contribution in [2.45, 2.75) is 50.9 Å². The second-order valence-corrected chi connectivity index (χ2v) is 8.93. The number of methoxy groups -OCH3 is 1. The summed E-state index contributed by atoms with van der Waals surface area (Å²) in [5.41, 5.74) is 5.74. The fourth-order valence-electron chi connectivity index (χ4n) is 4.23. The van der Waals surface area contributed by atoms with E-state index in [4.69, 9.17) is 15.2 Å². The Balaban J connectivity index is 1.72. The highest BCUT2D eigenvalue weighted by Crippen LogP contribution is 2.31. The van der Waals surface area contributed by atoms with Crippen LogP contribution in [-0.2, 0) is 20.4 Å². The molecule has 0 spiro atoms. The molecule has 2 aliphatic heterocycles. The van der Waals surface area contributed by atoms with E-state index in [1.165, 1.54) is 19.2 Å². The molecule has 0 aliphatic carbocycles. The minimum atomic E-state index is -4.48. The molecule has 0 atom stereocenters. The van der Waals surface area contributed by atoms with Crippen LogP contribution in [0.3, 0.4) is 0 Å². The van der Waals surface area contributed by atoms with Crippen LogP contribution in [0.25, 0.3) is 0 Å². The van der Waals surface area contributed by atoms with Crippen molar-refractivity contribution >= 4 is 17.6 Å². The minimum Gasteiger partial charge on any atom is -0.469 e. The van der Waals surface area contributed by atoms with Crippen molar-refractivity contribution in [3.05, 3.63) is 53.4 Å². The molecule has 0 saturated carbocycles. The number of hydrogen-bond acceptors (Lipinski definition) is 6. The van der Waals surface area contributed by atoms with Crippen molar-refractivity contribution in [1.82, 2.24) is 10.2 Å². The van der Waals surface area contributed by atoms with E-state index in [1.807, 2.05) is 0 Å². The zero-order valence-corrected chi connectivity index (χ0v) is 20.7. The third-order valence-corrected chi connectivity index (χ3v) is 6.40. The van der Waals surface area contributed by atoms with Crippen molar-refractivity contribution in [2.75, 3.05) is 38.7 Å². The summed E-state index contributed by atoms with van der Waals surface area (Å²) >= 11 is 0. The fourth-order valence-corrected chi connectivity index (χ4v) is 4.23. The van der Waals surface area contributed by atoms with E-state index in [-0.39, 0.29) is 29.0 Å². The highest BCUT2D eigenvalue weighted by molar-refractivity contribution is 5.97. The van der Waals surface area contributed by atoms with Crippen LogP contribution in [-0.4, -0.2) is 62.3 Å². The van der Waals surface area contributed by atoms with Gasteiger partial charge in [-0.2, -0.15) is 18.2 Å². The van der Waals surface area contributed by atoms with E-state index < -0.39 is 11.7 Å². The number of carbonyl (C=O) groups is 1. The first-order chi connectivity index (χ1) is 17.1. The van der Waals surface area contributed by atoms with E-state index in [0.29, 0.717) is 30.7 Å². The normalized spacial score (nSPS) is 19.0. The first-order valence-corrected chi connectivity index (χ1v) is 11.9. The SMILES string of the molecule is C=C(Nc1cccc(C(F)(F)F)c1)/C(C)=C(\N=C(/N)OC)C(=O)N1CCC(NC2CCOCC2)CC1. The number of anilines is 1. The summed E-state index contributed by atoms with van der Waals surface area (Å²) in [5, 5.41) is 6.51. The van der Waals surface area contributed by atoms with Gasteiger partial charge in [-0.05, 0) is 50.8 Å². The van der Waals surface area contributed by atoms with Crippen LogP contribution in [0.5, 0.6) is 0 Å². The van der Waals surface area contributed by atoms with Gasteiger partial charge in [0.05, 0.1) is 12.7 Å². The number of halogens is 3. The molecule has 0 aromatic heterocycles. The van der Waals surface area contributed by atoms with E-state index >= 15 is 0 Å². The topological polar surface area (TPSA) is 101 Å². The number of aliphatic imine (C=N–C) groups is 1. The van der Waals surface area contributed by atoms with Crippen molar-refractivity contribution in [1.29, 1.82) is 0 Å². The zero-order valence-electron chi connectivity index (χ0n) is 20.7. The summed E-state index contributed by atoms with van der Waals surface area (Å²) in [6.07, 6.45) is -0.924. The Bertz CT molecular complexity index is 995. The van der Waals surface area contributed by atoms with E-state index in [2.05, 4.69) is 22.2 Å². The molecule has 2 fully saturated rings. The van der Waals surface area contributed by atoms with Crippen molar-refractivity contribution in [2.24, 2.45) is 10.7 Å². The van der Waals surface area contributed by atoms with Gasteiger partial charge in [0.25, 0.3) is 11.9 Å². The Hall–Kier alpha value is -3.05. The first-order valence-electron chi connectivity index (χ1n) is 11.9. The van der Waals surface area contributed by atoms with Gasteiger partial charge in [0.2, 0.25) is 0 Å². The summed E-state index contributed by atoms with van der Waals surface area (Å²) < 4.78 is 49.6. The number of allylic oxidation sites excluding steroid dienone is 1. The second kappa shape index (κ2) is 12.3. The number of likely N-dealkylation sites (tertiary alicyclic amines) is 1. The lowest BCUT2D eigenvalue weighted by molar-refractivity contribution is -0.137. The van der Waals surface area contributed by atoms with Gasteiger partial charge in [-0.3, -0.25) is 4.79 Å². The number of nitrogens with two attached hydrogens (primary N) is 1. The molecular formula is C25H34F3N5O3. The maximum Gasteiger partial charge on any atom is 0.416 e. The predicted molar refractivity (Wildman–Crippen MR) is 132 cm³/mol. The molecule has 8 nitrogen and oxygen atoms in total. The number of benzene rings is 1. The van der Waals surface area contributed by atoms with Gasteiger partial charge in [-0.25, -0.2) is 0 Å². The summed E-state index contributed by atoms with van der Waals surface area (Å²) in [5.74, 6) is -0.344. The smallest absolute Gasteiger partial charge is 0.416 e.